The SMILES string of the molecule is CC(C)C(=O)N1CCOC[C@H]1c1noc(-c2ccccc2)n1. The van der Waals surface area contributed by atoms with Crippen molar-refractivity contribution < 1.29 is 14.1 Å². The lowest BCUT2D eigenvalue weighted by molar-refractivity contribution is -0.143. The maximum absolute atomic E-state index is 12.3. The maximum Gasteiger partial charge on any atom is 0.257 e. The number of carbonyl (C=O) groups is 1. The first-order valence-electron chi connectivity index (χ1n) is 7.44. The van der Waals surface area contributed by atoms with Gasteiger partial charge in [0.25, 0.3) is 5.89 Å². The van der Waals surface area contributed by atoms with Crippen LogP contribution in [0.15, 0.2) is 34.9 Å². The van der Waals surface area contributed by atoms with Crippen molar-refractivity contribution in [2.45, 2.75) is 19.9 Å². The first-order chi connectivity index (χ1) is 10.7. The number of nitrogens with zero attached hydrogens (tertiary/aromatic N) is 3. The molecular formula is C16H19N3O3. The van der Waals surface area contributed by atoms with E-state index in [1.165, 1.54) is 0 Å². The van der Waals surface area contributed by atoms with Gasteiger partial charge in [-0.1, -0.05) is 37.2 Å². The van der Waals surface area contributed by atoms with E-state index in [1.54, 1.807) is 4.90 Å². The van der Waals surface area contributed by atoms with Crippen LogP contribution in [0.4, 0.5) is 0 Å². The summed E-state index contributed by atoms with van der Waals surface area (Å²) >= 11 is 0. The van der Waals surface area contributed by atoms with Crippen LogP contribution in [0.3, 0.4) is 0 Å². The Morgan fingerprint density at radius 1 is 1.32 bits per heavy atom. The lowest BCUT2D eigenvalue weighted by Crippen LogP contribution is -2.45. The highest BCUT2D eigenvalue weighted by atomic mass is 16.5. The van der Waals surface area contributed by atoms with Crippen LogP contribution in [0, 0.1) is 5.92 Å². The van der Waals surface area contributed by atoms with Gasteiger partial charge in [0.05, 0.1) is 13.2 Å². The largest absolute Gasteiger partial charge is 0.377 e. The quantitative estimate of drug-likeness (QED) is 0.870. The molecule has 0 spiro atoms. The van der Waals surface area contributed by atoms with Crippen LogP contribution >= 0.6 is 0 Å². The minimum absolute atomic E-state index is 0.0684. The molecule has 22 heavy (non-hydrogen) atoms. The molecule has 1 aliphatic rings. The Labute approximate surface area is 129 Å². The van der Waals surface area contributed by atoms with Gasteiger partial charge in [-0.3, -0.25) is 4.79 Å². The maximum atomic E-state index is 12.3. The van der Waals surface area contributed by atoms with Crippen LogP contribution in [-0.2, 0) is 9.53 Å². The highest BCUT2D eigenvalue weighted by Gasteiger charge is 2.33. The van der Waals surface area contributed by atoms with Crippen LogP contribution in [0.5, 0.6) is 0 Å². The number of rotatable bonds is 3. The number of morpholine rings is 1. The molecule has 116 valence electrons. The Bertz CT molecular complexity index is 639. The predicted octanol–water partition coefficient (Wildman–Crippen LogP) is 2.29. The molecule has 1 atom stereocenters. The molecule has 0 bridgehead atoms. The summed E-state index contributed by atoms with van der Waals surface area (Å²) in [5.74, 6) is 0.964. The van der Waals surface area contributed by atoms with E-state index >= 15 is 0 Å². The molecule has 1 aliphatic heterocycles. The summed E-state index contributed by atoms with van der Waals surface area (Å²) in [6, 6.07) is 9.29. The number of hydrogen-bond donors (Lipinski definition) is 0. The normalized spacial score (nSPS) is 18.7. The summed E-state index contributed by atoms with van der Waals surface area (Å²) in [6.45, 7) is 5.27. The van der Waals surface area contributed by atoms with Gasteiger partial charge in [0.2, 0.25) is 5.91 Å². The van der Waals surface area contributed by atoms with E-state index in [1.807, 2.05) is 44.2 Å². The van der Waals surface area contributed by atoms with E-state index in [4.69, 9.17) is 9.26 Å². The smallest absolute Gasteiger partial charge is 0.257 e. The van der Waals surface area contributed by atoms with Crippen LogP contribution < -0.4 is 0 Å². The minimum atomic E-state index is -0.287. The first kappa shape index (κ1) is 14.7. The third-order valence-electron chi connectivity index (χ3n) is 3.67. The van der Waals surface area contributed by atoms with Gasteiger partial charge >= 0.3 is 0 Å². The first-order valence-corrected chi connectivity index (χ1v) is 7.44. The Hall–Kier alpha value is -2.21. The summed E-state index contributed by atoms with van der Waals surface area (Å²) in [6.07, 6.45) is 0. The van der Waals surface area contributed by atoms with E-state index in [-0.39, 0.29) is 17.9 Å². The van der Waals surface area contributed by atoms with E-state index in [9.17, 15) is 4.79 Å². The summed E-state index contributed by atoms with van der Waals surface area (Å²) in [5, 5.41) is 4.05. The van der Waals surface area contributed by atoms with Gasteiger partial charge in [0.15, 0.2) is 5.82 Å². The fraction of sp³-hybridized carbons (Fsp3) is 0.438. The molecule has 2 aromatic rings. The zero-order valence-corrected chi connectivity index (χ0v) is 12.7. The molecule has 0 N–H and O–H groups in total. The molecule has 0 radical (unpaired) electrons. The minimum Gasteiger partial charge on any atom is -0.377 e. The van der Waals surface area contributed by atoms with Gasteiger partial charge in [0.1, 0.15) is 6.04 Å². The van der Waals surface area contributed by atoms with Crippen molar-refractivity contribution in [3.63, 3.8) is 0 Å². The zero-order valence-electron chi connectivity index (χ0n) is 12.7. The summed E-state index contributed by atoms with van der Waals surface area (Å²) in [4.78, 5) is 18.6. The number of benzene rings is 1. The van der Waals surface area contributed by atoms with Crippen molar-refractivity contribution in [2.24, 2.45) is 5.92 Å². The molecule has 1 fully saturated rings. The molecule has 1 aromatic carbocycles. The van der Waals surface area contributed by atoms with Crippen molar-refractivity contribution in [1.29, 1.82) is 0 Å². The number of ether oxygens (including phenoxy) is 1. The Morgan fingerprint density at radius 2 is 2.09 bits per heavy atom. The van der Waals surface area contributed by atoms with Gasteiger partial charge < -0.3 is 14.2 Å². The molecule has 2 heterocycles. The van der Waals surface area contributed by atoms with Crippen molar-refractivity contribution in [1.82, 2.24) is 15.0 Å². The van der Waals surface area contributed by atoms with E-state index in [0.29, 0.717) is 31.5 Å². The highest BCUT2D eigenvalue weighted by molar-refractivity contribution is 5.78. The van der Waals surface area contributed by atoms with Crippen LogP contribution in [-0.4, -0.2) is 40.7 Å². The molecule has 3 rings (SSSR count). The van der Waals surface area contributed by atoms with Gasteiger partial charge in [-0.25, -0.2) is 0 Å². The molecule has 6 heteroatoms. The number of hydrogen-bond acceptors (Lipinski definition) is 5. The second-order valence-electron chi connectivity index (χ2n) is 5.60. The Kier molecular flexibility index (Phi) is 4.20. The molecule has 6 nitrogen and oxygen atoms in total. The Morgan fingerprint density at radius 3 is 2.82 bits per heavy atom. The predicted molar refractivity (Wildman–Crippen MR) is 79.8 cm³/mol. The van der Waals surface area contributed by atoms with Crippen molar-refractivity contribution in [3.05, 3.63) is 36.2 Å². The standard InChI is InChI=1S/C16H19N3O3/c1-11(2)16(20)19-8-9-21-10-13(19)14-17-15(22-18-14)12-6-4-3-5-7-12/h3-7,11,13H,8-10H2,1-2H3/t13-/m0/s1. The van der Waals surface area contributed by atoms with Crippen molar-refractivity contribution >= 4 is 5.91 Å². The fourth-order valence-electron chi connectivity index (χ4n) is 2.48. The van der Waals surface area contributed by atoms with Gasteiger partial charge in [-0.2, -0.15) is 4.98 Å². The zero-order chi connectivity index (χ0) is 15.5. The van der Waals surface area contributed by atoms with E-state index in [2.05, 4.69) is 10.1 Å². The Balaban J connectivity index is 1.86. The third-order valence-corrected chi connectivity index (χ3v) is 3.67. The molecule has 0 unspecified atom stereocenters. The second-order valence-corrected chi connectivity index (χ2v) is 5.60. The fourth-order valence-corrected chi connectivity index (χ4v) is 2.48. The van der Waals surface area contributed by atoms with Gasteiger partial charge in [-0.15, -0.1) is 0 Å². The lowest BCUT2D eigenvalue weighted by Gasteiger charge is -2.34. The van der Waals surface area contributed by atoms with Crippen molar-refractivity contribution in [3.8, 4) is 11.5 Å². The molecule has 1 amide bonds. The summed E-state index contributed by atoms with van der Waals surface area (Å²) in [7, 11) is 0. The lowest BCUT2D eigenvalue weighted by atomic mass is 10.1. The van der Waals surface area contributed by atoms with E-state index < -0.39 is 0 Å². The van der Waals surface area contributed by atoms with Crippen molar-refractivity contribution in [2.75, 3.05) is 19.8 Å². The van der Waals surface area contributed by atoms with Crippen LogP contribution in [0.1, 0.15) is 25.7 Å². The van der Waals surface area contributed by atoms with E-state index in [0.717, 1.165) is 5.56 Å². The second kappa shape index (κ2) is 6.27. The highest BCUT2D eigenvalue weighted by Crippen LogP contribution is 2.26. The molecule has 0 aliphatic carbocycles. The summed E-state index contributed by atoms with van der Waals surface area (Å²) < 4.78 is 10.8. The molecule has 1 saturated heterocycles. The molecule has 1 aromatic heterocycles. The number of carbonyl (C=O) groups excluding carboxylic acids is 1. The molecule has 0 saturated carbocycles. The van der Waals surface area contributed by atoms with Gasteiger partial charge in [-0.05, 0) is 12.1 Å². The van der Waals surface area contributed by atoms with Gasteiger partial charge in [0, 0.05) is 18.0 Å². The monoisotopic (exact) mass is 301 g/mol. The average Bonchev–Trinajstić information content (AvgIpc) is 3.05. The third kappa shape index (κ3) is 2.87. The topological polar surface area (TPSA) is 68.5 Å². The molecular weight excluding hydrogens is 282 g/mol. The van der Waals surface area contributed by atoms with Crippen LogP contribution in [0.25, 0.3) is 11.5 Å². The van der Waals surface area contributed by atoms with Crippen LogP contribution in [0.2, 0.25) is 0 Å². The number of amides is 1. The summed E-state index contributed by atoms with van der Waals surface area (Å²) in [5.41, 5.74) is 0.861. The number of aromatic nitrogens is 2. The average molecular weight is 301 g/mol.